The number of carbonyl (C=O) groups excluding carboxylic acids is 3. The van der Waals surface area contributed by atoms with Crippen molar-refractivity contribution in [3.8, 4) is 5.75 Å². The first-order valence-corrected chi connectivity index (χ1v) is 10.9. The summed E-state index contributed by atoms with van der Waals surface area (Å²) in [6, 6.07) is -0.165. The Morgan fingerprint density at radius 1 is 0.938 bits per heavy atom. The summed E-state index contributed by atoms with van der Waals surface area (Å²) in [5.74, 6) is -3.57. The van der Waals surface area contributed by atoms with Gasteiger partial charge in [-0.1, -0.05) is 12.1 Å². The van der Waals surface area contributed by atoms with E-state index in [0.29, 0.717) is 5.75 Å². The van der Waals surface area contributed by atoms with Crippen molar-refractivity contribution in [2.45, 2.75) is 30.6 Å². The molecular formula is C19H28N4O8S. The molecule has 0 aliphatic heterocycles. The second-order valence-electron chi connectivity index (χ2n) is 6.75. The number of hydrogen-bond donors (Lipinski definition) is 8. The van der Waals surface area contributed by atoms with Gasteiger partial charge in [0.15, 0.2) is 0 Å². The molecule has 12 nitrogen and oxygen atoms in total. The van der Waals surface area contributed by atoms with Gasteiger partial charge in [-0.25, -0.2) is 4.79 Å². The molecule has 3 amide bonds. The van der Waals surface area contributed by atoms with E-state index in [0.717, 1.165) is 0 Å². The molecule has 0 aromatic heterocycles. The summed E-state index contributed by atoms with van der Waals surface area (Å²) in [4.78, 5) is 48.7. The minimum atomic E-state index is -1.50. The lowest BCUT2D eigenvalue weighted by Crippen LogP contribution is -2.56. The summed E-state index contributed by atoms with van der Waals surface area (Å²) in [5, 5.41) is 44.2. The Morgan fingerprint density at radius 3 is 2.03 bits per heavy atom. The van der Waals surface area contributed by atoms with Gasteiger partial charge in [-0.05, 0) is 36.1 Å². The van der Waals surface area contributed by atoms with Gasteiger partial charge in [0, 0.05) is 0 Å². The lowest BCUT2D eigenvalue weighted by atomic mass is 10.0. The van der Waals surface area contributed by atoms with Crippen LogP contribution in [-0.2, 0) is 19.2 Å². The number of thioether (sulfide) groups is 1. The molecule has 0 spiro atoms. The Bertz CT molecular complexity index is 792. The molecule has 4 atom stereocenters. The third-order valence-electron chi connectivity index (χ3n) is 4.35. The van der Waals surface area contributed by atoms with Crippen LogP contribution in [0.1, 0.15) is 18.0 Å². The zero-order chi connectivity index (χ0) is 24.3. The van der Waals surface area contributed by atoms with E-state index in [-0.39, 0.29) is 17.7 Å². The highest BCUT2D eigenvalue weighted by atomic mass is 32.2. The smallest absolute Gasteiger partial charge is 0.326 e. The molecule has 1 rings (SSSR count). The van der Waals surface area contributed by atoms with Crippen LogP contribution in [0.4, 0.5) is 0 Å². The average molecular weight is 473 g/mol. The first-order valence-electron chi connectivity index (χ1n) is 9.53. The lowest BCUT2D eigenvalue weighted by molar-refractivity contribution is -0.142. The molecule has 0 saturated carbocycles. The number of rotatable bonds is 13. The molecule has 0 heterocycles. The van der Waals surface area contributed by atoms with E-state index in [1.807, 2.05) is 0 Å². The van der Waals surface area contributed by atoms with Crippen molar-refractivity contribution in [3.63, 3.8) is 0 Å². The fourth-order valence-corrected chi connectivity index (χ4v) is 2.99. The van der Waals surface area contributed by atoms with Gasteiger partial charge in [-0.2, -0.15) is 11.8 Å². The predicted octanol–water partition coefficient (Wildman–Crippen LogP) is -2.33. The summed E-state index contributed by atoms with van der Waals surface area (Å²) in [6.45, 7) is -1.51. The van der Waals surface area contributed by atoms with Crippen molar-refractivity contribution < 1.29 is 39.6 Å². The number of nitrogens with one attached hydrogen (secondary N) is 3. The SMILES string of the molecule is CSCC[C@H](NC(=O)[C@H](CO)NC(=O)[C@@H](NC(=O)[C@@H](N)CO)c1ccc(O)cc1)C(=O)O. The van der Waals surface area contributed by atoms with Gasteiger partial charge in [0.2, 0.25) is 17.7 Å². The van der Waals surface area contributed by atoms with Crippen molar-refractivity contribution in [3.05, 3.63) is 29.8 Å². The van der Waals surface area contributed by atoms with E-state index in [1.54, 1.807) is 6.26 Å². The molecule has 1 aromatic rings. The second kappa shape index (κ2) is 13.5. The molecule has 1 aromatic carbocycles. The van der Waals surface area contributed by atoms with Gasteiger partial charge >= 0.3 is 5.97 Å². The van der Waals surface area contributed by atoms with Crippen LogP contribution in [0.3, 0.4) is 0 Å². The van der Waals surface area contributed by atoms with Crippen molar-refractivity contribution in [2.75, 3.05) is 25.2 Å². The standard InChI is InChI=1S/C19H28N4O8S/c1-32-7-6-13(19(30)31)21-17(28)14(9-25)22-18(29)15(23-16(27)12(20)8-24)10-2-4-11(26)5-3-10/h2-5,12-15,24-26H,6-9,20H2,1H3,(H,21,28)(H,22,29)(H,23,27)(H,30,31)/t12-,13-,14-,15-/m0/s1. The van der Waals surface area contributed by atoms with Gasteiger partial charge in [0.05, 0.1) is 13.2 Å². The number of aromatic hydroxyl groups is 1. The van der Waals surface area contributed by atoms with Crippen LogP contribution < -0.4 is 21.7 Å². The third-order valence-corrected chi connectivity index (χ3v) is 4.99. The number of hydrogen-bond acceptors (Lipinski definition) is 9. The molecular weight excluding hydrogens is 444 g/mol. The molecule has 0 fully saturated rings. The topological polar surface area (TPSA) is 211 Å². The maximum atomic E-state index is 12.8. The minimum absolute atomic E-state index is 0.0936. The number of phenolic OH excluding ortho intramolecular Hbond substituents is 1. The van der Waals surface area contributed by atoms with Crippen LogP contribution in [0, 0.1) is 0 Å². The van der Waals surface area contributed by atoms with Gasteiger partial charge in [0.1, 0.15) is 29.9 Å². The minimum Gasteiger partial charge on any atom is -0.508 e. The van der Waals surface area contributed by atoms with Crippen LogP contribution in [0.15, 0.2) is 24.3 Å². The summed E-state index contributed by atoms with van der Waals surface area (Å²) >= 11 is 1.39. The van der Waals surface area contributed by atoms with Crippen LogP contribution in [-0.4, -0.2) is 87.5 Å². The number of carboxylic acid groups (broad SMARTS) is 1. The van der Waals surface area contributed by atoms with Crippen LogP contribution >= 0.6 is 11.8 Å². The van der Waals surface area contributed by atoms with E-state index in [2.05, 4.69) is 16.0 Å². The van der Waals surface area contributed by atoms with E-state index >= 15 is 0 Å². The van der Waals surface area contributed by atoms with Crippen LogP contribution in [0.5, 0.6) is 5.75 Å². The number of phenols is 1. The molecule has 9 N–H and O–H groups in total. The molecule has 0 radical (unpaired) electrons. The summed E-state index contributed by atoms with van der Waals surface area (Å²) in [7, 11) is 0. The summed E-state index contributed by atoms with van der Waals surface area (Å²) < 4.78 is 0. The molecule has 13 heteroatoms. The van der Waals surface area contributed by atoms with E-state index < -0.39 is 61.1 Å². The highest BCUT2D eigenvalue weighted by molar-refractivity contribution is 7.98. The van der Waals surface area contributed by atoms with Gasteiger partial charge in [-0.15, -0.1) is 0 Å². The maximum Gasteiger partial charge on any atom is 0.326 e. The summed E-state index contributed by atoms with van der Waals surface area (Å²) in [6.07, 6.45) is 1.91. The van der Waals surface area contributed by atoms with Gasteiger partial charge in [0.25, 0.3) is 0 Å². The second-order valence-corrected chi connectivity index (χ2v) is 7.73. The number of aliphatic carboxylic acids is 1. The van der Waals surface area contributed by atoms with Crippen molar-refractivity contribution in [2.24, 2.45) is 5.73 Å². The lowest BCUT2D eigenvalue weighted by Gasteiger charge is -2.24. The fraction of sp³-hybridized carbons (Fsp3) is 0.474. The number of aliphatic hydroxyl groups excluding tert-OH is 2. The van der Waals surface area contributed by atoms with Crippen molar-refractivity contribution in [1.29, 1.82) is 0 Å². The normalized spacial score (nSPS) is 14.5. The fourth-order valence-electron chi connectivity index (χ4n) is 2.51. The van der Waals surface area contributed by atoms with Crippen LogP contribution in [0.25, 0.3) is 0 Å². The number of amides is 3. The monoisotopic (exact) mass is 472 g/mol. The number of aliphatic hydroxyl groups is 2. The quantitative estimate of drug-likeness (QED) is 0.153. The Morgan fingerprint density at radius 2 is 1.53 bits per heavy atom. The van der Waals surface area contributed by atoms with Gasteiger partial charge in [-0.3, -0.25) is 14.4 Å². The molecule has 32 heavy (non-hydrogen) atoms. The Kier molecular flexibility index (Phi) is 11.5. The zero-order valence-corrected chi connectivity index (χ0v) is 18.2. The van der Waals surface area contributed by atoms with E-state index in [9.17, 15) is 34.5 Å². The predicted molar refractivity (Wildman–Crippen MR) is 116 cm³/mol. The van der Waals surface area contributed by atoms with E-state index in [4.69, 9.17) is 10.8 Å². The number of carboxylic acids is 1. The Hall–Kier alpha value is -2.87. The van der Waals surface area contributed by atoms with Crippen LogP contribution in [0.2, 0.25) is 0 Å². The highest BCUT2D eigenvalue weighted by Crippen LogP contribution is 2.18. The maximum absolute atomic E-state index is 12.8. The molecule has 178 valence electrons. The van der Waals surface area contributed by atoms with Crippen molar-refractivity contribution in [1.82, 2.24) is 16.0 Å². The first-order chi connectivity index (χ1) is 15.1. The number of carbonyl (C=O) groups is 4. The van der Waals surface area contributed by atoms with Crippen molar-refractivity contribution >= 4 is 35.5 Å². The molecule has 0 unspecified atom stereocenters. The average Bonchev–Trinajstić information content (AvgIpc) is 2.77. The highest BCUT2D eigenvalue weighted by Gasteiger charge is 2.30. The Labute approximate surface area is 188 Å². The van der Waals surface area contributed by atoms with Gasteiger partial charge < -0.3 is 42.1 Å². The number of benzene rings is 1. The number of nitrogens with two attached hydrogens (primary N) is 1. The Balaban J connectivity index is 3.01. The molecule has 0 bridgehead atoms. The molecule has 0 aliphatic rings. The molecule has 0 saturated heterocycles. The summed E-state index contributed by atoms with van der Waals surface area (Å²) in [5.41, 5.74) is 5.69. The zero-order valence-electron chi connectivity index (χ0n) is 17.4. The largest absolute Gasteiger partial charge is 0.508 e. The first kappa shape index (κ1) is 27.2. The van der Waals surface area contributed by atoms with E-state index in [1.165, 1.54) is 36.0 Å². The third kappa shape index (κ3) is 8.34. The molecule has 0 aliphatic carbocycles.